The van der Waals surface area contributed by atoms with Crippen molar-refractivity contribution >= 4 is 17.8 Å². The van der Waals surface area contributed by atoms with E-state index in [0.29, 0.717) is 5.69 Å². The van der Waals surface area contributed by atoms with Gasteiger partial charge in [0.2, 0.25) is 12.2 Å². The summed E-state index contributed by atoms with van der Waals surface area (Å²) >= 11 is 0. The van der Waals surface area contributed by atoms with Crippen LogP contribution >= 0.6 is 0 Å². The lowest BCUT2D eigenvalue weighted by molar-refractivity contribution is 0.296. The van der Waals surface area contributed by atoms with Crippen LogP contribution in [0.3, 0.4) is 0 Å². The largest absolute Gasteiger partial charge is 0.240 e. The first-order chi connectivity index (χ1) is 9.69. The van der Waals surface area contributed by atoms with E-state index in [2.05, 4.69) is 9.98 Å². The second-order valence-electron chi connectivity index (χ2n) is 5.49. The first-order valence-corrected chi connectivity index (χ1v) is 6.95. The van der Waals surface area contributed by atoms with Crippen LogP contribution < -0.4 is 0 Å². The number of rotatable bonds is 4. The molecule has 0 N–H and O–H groups in total. The Bertz CT molecular complexity index is 576. The van der Waals surface area contributed by atoms with Gasteiger partial charge in [-0.1, -0.05) is 31.4 Å². The van der Waals surface area contributed by atoms with Crippen LogP contribution in [0.5, 0.6) is 0 Å². The van der Waals surface area contributed by atoms with Crippen molar-refractivity contribution in [2.45, 2.75) is 51.0 Å². The van der Waals surface area contributed by atoms with Gasteiger partial charge in [0.15, 0.2) is 0 Å². The van der Waals surface area contributed by atoms with Gasteiger partial charge in [-0.05, 0) is 43.4 Å². The molecule has 1 saturated carbocycles. The molecule has 1 aliphatic carbocycles. The van der Waals surface area contributed by atoms with Crippen molar-refractivity contribution < 1.29 is 9.59 Å². The third-order valence-electron chi connectivity index (χ3n) is 4.03. The molecule has 0 saturated heterocycles. The molecule has 1 aromatic carbocycles. The molecule has 0 unspecified atom stereocenters. The lowest BCUT2D eigenvalue weighted by Crippen LogP contribution is -2.32. The van der Waals surface area contributed by atoms with Gasteiger partial charge in [0.05, 0.1) is 11.2 Å². The van der Waals surface area contributed by atoms with Gasteiger partial charge in [0, 0.05) is 0 Å². The van der Waals surface area contributed by atoms with Gasteiger partial charge < -0.3 is 0 Å². The Labute approximate surface area is 118 Å². The third kappa shape index (κ3) is 3.30. The van der Waals surface area contributed by atoms with Gasteiger partial charge in [0.25, 0.3) is 0 Å². The Hall–Kier alpha value is -2.02. The molecular weight excluding hydrogens is 252 g/mol. The minimum atomic E-state index is -0.290. The molecule has 0 atom stereocenters. The average Bonchev–Trinajstić information content (AvgIpc) is 2.43. The summed E-state index contributed by atoms with van der Waals surface area (Å²) in [6, 6.07) is 5.77. The molecule has 1 aliphatic rings. The fourth-order valence-electron chi connectivity index (χ4n) is 3.02. The Morgan fingerprint density at radius 1 is 1.15 bits per heavy atom. The van der Waals surface area contributed by atoms with Gasteiger partial charge in [-0.25, -0.2) is 9.59 Å². The Kier molecular flexibility index (Phi) is 4.62. The van der Waals surface area contributed by atoms with E-state index in [1.165, 1.54) is 6.42 Å². The van der Waals surface area contributed by atoms with Crippen molar-refractivity contribution in [1.82, 2.24) is 0 Å². The molecule has 4 nitrogen and oxygen atoms in total. The van der Waals surface area contributed by atoms with Gasteiger partial charge in [-0.3, -0.25) is 0 Å². The zero-order valence-corrected chi connectivity index (χ0v) is 11.7. The zero-order chi connectivity index (χ0) is 14.4. The van der Waals surface area contributed by atoms with Crippen molar-refractivity contribution in [3.05, 3.63) is 29.3 Å². The van der Waals surface area contributed by atoms with Crippen LogP contribution in [0.25, 0.3) is 0 Å². The molecule has 4 heteroatoms. The summed E-state index contributed by atoms with van der Waals surface area (Å²) in [6.45, 7) is 1.91. The lowest BCUT2D eigenvalue weighted by atomic mass is 9.78. The van der Waals surface area contributed by atoms with Crippen molar-refractivity contribution in [3.8, 4) is 0 Å². The third-order valence-corrected chi connectivity index (χ3v) is 4.03. The SMILES string of the molecule is Cc1cc(CC2(N=C=O)CCCCC2)ccc1N=C=O. The Morgan fingerprint density at radius 3 is 2.50 bits per heavy atom. The summed E-state index contributed by atoms with van der Waals surface area (Å²) in [4.78, 5) is 28.8. The lowest BCUT2D eigenvalue weighted by Gasteiger charge is -2.32. The number of nitrogens with zero attached hydrogens (tertiary/aromatic N) is 2. The quantitative estimate of drug-likeness (QED) is 0.620. The smallest absolute Gasteiger partial charge is 0.211 e. The van der Waals surface area contributed by atoms with Crippen LogP contribution in [-0.4, -0.2) is 17.7 Å². The Morgan fingerprint density at radius 2 is 1.90 bits per heavy atom. The maximum atomic E-state index is 10.7. The molecule has 2 rings (SSSR count). The summed E-state index contributed by atoms with van der Waals surface area (Å²) < 4.78 is 0. The monoisotopic (exact) mass is 270 g/mol. The summed E-state index contributed by atoms with van der Waals surface area (Å²) in [6.07, 6.45) is 9.36. The van der Waals surface area contributed by atoms with Crippen LogP contribution in [0.2, 0.25) is 0 Å². The minimum absolute atomic E-state index is 0.290. The van der Waals surface area contributed by atoms with E-state index in [0.717, 1.165) is 43.2 Å². The molecule has 104 valence electrons. The summed E-state index contributed by atoms with van der Waals surface area (Å²) in [7, 11) is 0. The second-order valence-corrected chi connectivity index (χ2v) is 5.49. The van der Waals surface area contributed by atoms with Crippen LogP contribution in [0, 0.1) is 6.92 Å². The van der Waals surface area contributed by atoms with E-state index >= 15 is 0 Å². The van der Waals surface area contributed by atoms with Crippen molar-refractivity contribution in [2.75, 3.05) is 0 Å². The minimum Gasteiger partial charge on any atom is -0.211 e. The highest BCUT2D eigenvalue weighted by molar-refractivity contribution is 5.54. The molecule has 0 aromatic heterocycles. The van der Waals surface area contributed by atoms with Gasteiger partial charge in [-0.2, -0.15) is 9.98 Å². The van der Waals surface area contributed by atoms with Crippen molar-refractivity contribution in [3.63, 3.8) is 0 Å². The van der Waals surface area contributed by atoms with Crippen LogP contribution in [0.1, 0.15) is 43.2 Å². The summed E-state index contributed by atoms with van der Waals surface area (Å²) in [5.74, 6) is 0. The van der Waals surface area contributed by atoms with E-state index in [4.69, 9.17) is 0 Å². The predicted octanol–water partition coefficient (Wildman–Crippen LogP) is 3.54. The normalized spacial score (nSPS) is 16.9. The summed E-state index contributed by atoms with van der Waals surface area (Å²) in [5.41, 5.74) is 2.41. The van der Waals surface area contributed by atoms with Crippen LogP contribution in [0.15, 0.2) is 28.2 Å². The van der Waals surface area contributed by atoms with Gasteiger partial charge in [0.1, 0.15) is 0 Å². The molecule has 0 radical (unpaired) electrons. The highest BCUT2D eigenvalue weighted by atomic mass is 16.1. The molecule has 20 heavy (non-hydrogen) atoms. The topological polar surface area (TPSA) is 58.9 Å². The van der Waals surface area contributed by atoms with Gasteiger partial charge in [-0.15, -0.1) is 0 Å². The van der Waals surface area contributed by atoms with E-state index in [1.807, 2.05) is 25.1 Å². The maximum absolute atomic E-state index is 10.7. The molecule has 1 aromatic rings. The van der Waals surface area contributed by atoms with Crippen LogP contribution in [0.4, 0.5) is 5.69 Å². The number of isocyanates is 2. The first-order valence-electron chi connectivity index (χ1n) is 6.95. The first kappa shape index (κ1) is 14.4. The Balaban J connectivity index is 2.25. The zero-order valence-electron chi connectivity index (χ0n) is 11.7. The van der Waals surface area contributed by atoms with E-state index in [9.17, 15) is 9.59 Å². The standard InChI is InChI=1S/C16H18N2O2/c1-13-9-14(5-6-15(13)17-11-19)10-16(18-12-20)7-3-2-4-8-16/h5-6,9H,2-4,7-8,10H2,1H3. The van der Waals surface area contributed by atoms with E-state index in [-0.39, 0.29) is 5.54 Å². The molecule has 0 bridgehead atoms. The number of carbonyl (C=O) groups excluding carboxylic acids is 2. The maximum Gasteiger partial charge on any atom is 0.240 e. The fourth-order valence-corrected chi connectivity index (χ4v) is 3.02. The number of hydrogen-bond acceptors (Lipinski definition) is 4. The molecule has 0 heterocycles. The molecule has 1 fully saturated rings. The molecule has 0 aliphatic heterocycles. The van der Waals surface area contributed by atoms with Crippen molar-refractivity contribution in [2.24, 2.45) is 9.98 Å². The highest BCUT2D eigenvalue weighted by Gasteiger charge is 2.32. The highest BCUT2D eigenvalue weighted by Crippen LogP contribution is 2.35. The number of aryl methyl sites for hydroxylation is 1. The molecule has 0 amide bonds. The van der Waals surface area contributed by atoms with E-state index < -0.39 is 0 Å². The molecular formula is C16H18N2O2. The van der Waals surface area contributed by atoms with E-state index in [1.54, 1.807) is 12.2 Å². The average molecular weight is 270 g/mol. The molecule has 0 spiro atoms. The number of hydrogen-bond donors (Lipinski definition) is 0. The predicted molar refractivity (Wildman–Crippen MR) is 76.6 cm³/mol. The number of benzene rings is 1. The fraction of sp³-hybridized carbons (Fsp3) is 0.500. The van der Waals surface area contributed by atoms with Crippen LogP contribution in [-0.2, 0) is 16.0 Å². The second kappa shape index (κ2) is 6.42. The number of aliphatic imine (C=N–C) groups is 2. The summed E-state index contributed by atoms with van der Waals surface area (Å²) in [5, 5.41) is 0. The van der Waals surface area contributed by atoms with Gasteiger partial charge >= 0.3 is 0 Å². The van der Waals surface area contributed by atoms with Crippen molar-refractivity contribution in [1.29, 1.82) is 0 Å².